The van der Waals surface area contributed by atoms with Crippen molar-refractivity contribution in [2.45, 2.75) is 6.18 Å². The maximum absolute atomic E-state index is 10.6. The van der Waals surface area contributed by atoms with Gasteiger partial charge in [0.05, 0.1) is 0 Å². The van der Waals surface area contributed by atoms with Crippen molar-refractivity contribution >= 4 is 5.97 Å². The number of pyridine rings is 1. The fourth-order valence-corrected chi connectivity index (χ4v) is 0.342. The first-order valence-corrected chi connectivity index (χ1v) is 3.16. The molecule has 0 fully saturated rings. The van der Waals surface area contributed by atoms with Crippen LogP contribution in [0.4, 0.5) is 13.2 Å². The molecule has 0 radical (unpaired) electrons. The fourth-order valence-electron chi connectivity index (χ4n) is 0.342. The van der Waals surface area contributed by atoms with Crippen LogP contribution in [-0.2, 0) is 4.79 Å². The number of halogens is 3. The van der Waals surface area contributed by atoms with Crippen LogP contribution < -0.4 is 4.98 Å². The Bertz CT molecular complexity index is 221. The Kier molecular flexibility index (Phi) is 4.50. The van der Waals surface area contributed by atoms with Gasteiger partial charge >= 0.3 is 12.1 Å². The number of H-pyrrole nitrogens is 1. The van der Waals surface area contributed by atoms with Gasteiger partial charge in [0, 0.05) is 12.1 Å². The van der Waals surface area contributed by atoms with Crippen LogP contribution in [0.25, 0.3) is 0 Å². The molecule has 1 rings (SSSR count). The molecule has 0 aliphatic rings. The summed E-state index contributed by atoms with van der Waals surface area (Å²) in [6.07, 6.45) is -1.33. The number of aliphatic carboxylic acids is 1. The quantitative estimate of drug-likeness (QED) is 0.673. The number of aromatic amines is 1. The Morgan fingerprint density at radius 1 is 1.15 bits per heavy atom. The summed E-state index contributed by atoms with van der Waals surface area (Å²) in [4.78, 5) is 11.8. The summed E-state index contributed by atoms with van der Waals surface area (Å²) in [6, 6.07) is 5.86. The molecule has 0 saturated carbocycles. The van der Waals surface area contributed by atoms with Crippen molar-refractivity contribution in [1.29, 1.82) is 0 Å². The number of hydrogen-bond donors (Lipinski definition) is 1. The van der Waals surface area contributed by atoms with Crippen molar-refractivity contribution in [3.63, 3.8) is 0 Å². The van der Waals surface area contributed by atoms with Crippen molar-refractivity contribution in [3.8, 4) is 0 Å². The van der Waals surface area contributed by atoms with Gasteiger partial charge in [-0.2, -0.15) is 13.2 Å². The molecule has 0 bridgehead atoms. The van der Waals surface area contributed by atoms with E-state index in [-0.39, 0.29) is 0 Å². The molecule has 0 spiro atoms. The molecule has 0 aliphatic heterocycles. The van der Waals surface area contributed by atoms with Gasteiger partial charge < -0.3 is 5.11 Å². The second kappa shape index (κ2) is 5.13. The van der Waals surface area contributed by atoms with E-state index in [0.717, 1.165) is 0 Å². The van der Waals surface area contributed by atoms with Gasteiger partial charge in [-0.25, -0.2) is 9.78 Å². The predicted molar refractivity (Wildman–Crippen MR) is 36.7 cm³/mol. The van der Waals surface area contributed by atoms with Gasteiger partial charge in [-0.3, -0.25) is 0 Å². The van der Waals surface area contributed by atoms with E-state index in [1.165, 1.54) is 0 Å². The monoisotopic (exact) mass is 194 g/mol. The van der Waals surface area contributed by atoms with Crippen molar-refractivity contribution in [1.82, 2.24) is 0 Å². The van der Waals surface area contributed by atoms with Crippen LogP contribution in [0.2, 0.25) is 0 Å². The molecule has 0 atom stereocenters. The van der Waals surface area contributed by atoms with Crippen molar-refractivity contribution in [2.75, 3.05) is 0 Å². The lowest BCUT2D eigenvalue weighted by Gasteiger charge is -1.93. The molecular weight excluding hydrogens is 187 g/mol. The highest BCUT2D eigenvalue weighted by atomic mass is 19.4. The maximum Gasteiger partial charge on any atom is 0.490 e. The molecule has 1 aromatic rings. The molecule has 1 aromatic heterocycles. The number of carboxylic acid groups (broad SMARTS) is 1. The average molecular weight is 194 g/mol. The lowest BCUT2D eigenvalue weighted by Crippen LogP contribution is -2.21. The minimum atomic E-state index is -5.08. The number of hydrogen-bond acceptors (Lipinski definition) is 1. The van der Waals surface area contributed by atoms with Crippen LogP contribution in [0.15, 0.2) is 30.6 Å². The molecule has 1 heterocycles. The highest BCUT2D eigenvalue weighted by molar-refractivity contribution is 5.73. The summed E-state index contributed by atoms with van der Waals surface area (Å²) < 4.78 is 31.7. The standard InChI is InChI=1S/C5H5N.C2HF3O2/c1-2-4-6-5-3-1;3-2(4,5)1(6)7/h1-5H;(H,6,7)/p+1. The molecule has 3 nitrogen and oxygen atoms in total. The number of nitrogens with one attached hydrogen (secondary N) is 1. The minimum absolute atomic E-state index is 1.88. The van der Waals surface area contributed by atoms with Crippen molar-refractivity contribution < 1.29 is 28.1 Å². The van der Waals surface area contributed by atoms with E-state index in [2.05, 4.69) is 4.98 Å². The Labute approximate surface area is 71.8 Å². The predicted octanol–water partition coefficient (Wildman–Crippen LogP) is 1.13. The van der Waals surface area contributed by atoms with E-state index in [1.807, 2.05) is 30.6 Å². The third-order valence-corrected chi connectivity index (χ3v) is 0.850. The van der Waals surface area contributed by atoms with E-state index < -0.39 is 12.1 Å². The van der Waals surface area contributed by atoms with Crippen LogP contribution >= 0.6 is 0 Å². The topological polar surface area (TPSA) is 51.4 Å². The molecule has 13 heavy (non-hydrogen) atoms. The molecule has 6 heteroatoms. The normalized spacial score (nSPS) is 9.77. The van der Waals surface area contributed by atoms with E-state index in [4.69, 9.17) is 9.90 Å². The minimum Gasteiger partial charge on any atom is -0.475 e. The Morgan fingerprint density at radius 2 is 1.54 bits per heavy atom. The number of rotatable bonds is 0. The first kappa shape index (κ1) is 11.4. The van der Waals surface area contributed by atoms with Crippen LogP contribution in [0.3, 0.4) is 0 Å². The SMILES string of the molecule is O=C(O)C(F)(F)F.c1cc[nH+]cc1. The van der Waals surface area contributed by atoms with E-state index in [1.54, 1.807) is 0 Å². The smallest absolute Gasteiger partial charge is 0.475 e. The van der Waals surface area contributed by atoms with E-state index in [9.17, 15) is 13.2 Å². The van der Waals surface area contributed by atoms with Gasteiger partial charge in [0.1, 0.15) is 0 Å². The summed E-state index contributed by atoms with van der Waals surface area (Å²) in [5.74, 6) is -2.76. The number of carboxylic acids is 1. The van der Waals surface area contributed by atoms with Crippen LogP contribution in [0.5, 0.6) is 0 Å². The van der Waals surface area contributed by atoms with Crippen molar-refractivity contribution in [2.24, 2.45) is 0 Å². The Hall–Kier alpha value is -1.59. The van der Waals surface area contributed by atoms with Crippen LogP contribution in [0, 0.1) is 0 Å². The van der Waals surface area contributed by atoms with Gasteiger partial charge in [0.2, 0.25) is 0 Å². The molecule has 2 N–H and O–H groups in total. The summed E-state index contributed by atoms with van der Waals surface area (Å²) >= 11 is 0. The second-order valence-electron chi connectivity index (χ2n) is 1.88. The zero-order chi connectivity index (χ0) is 10.3. The van der Waals surface area contributed by atoms with E-state index >= 15 is 0 Å². The van der Waals surface area contributed by atoms with E-state index in [0.29, 0.717) is 0 Å². The molecule has 0 unspecified atom stereocenters. The first-order valence-electron chi connectivity index (χ1n) is 3.16. The third kappa shape index (κ3) is 6.79. The van der Waals surface area contributed by atoms with Gasteiger partial charge in [-0.1, -0.05) is 6.07 Å². The lowest BCUT2D eigenvalue weighted by atomic mass is 10.5. The highest BCUT2D eigenvalue weighted by Gasteiger charge is 2.38. The first-order chi connectivity index (χ1) is 5.94. The summed E-state index contributed by atoms with van der Waals surface area (Å²) in [5, 5.41) is 7.12. The largest absolute Gasteiger partial charge is 0.490 e. The molecule has 0 amide bonds. The molecule has 0 aliphatic carbocycles. The fraction of sp³-hybridized carbons (Fsp3) is 0.143. The Balaban J connectivity index is 0.000000223. The summed E-state index contributed by atoms with van der Waals surface area (Å²) in [5.41, 5.74) is 0. The van der Waals surface area contributed by atoms with Crippen LogP contribution in [-0.4, -0.2) is 17.3 Å². The zero-order valence-electron chi connectivity index (χ0n) is 6.38. The van der Waals surface area contributed by atoms with Gasteiger partial charge in [0.25, 0.3) is 0 Å². The van der Waals surface area contributed by atoms with Gasteiger partial charge in [-0.05, 0) is 0 Å². The third-order valence-electron chi connectivity index (χ3n) is 0.850. The molecule has 72 valence electrons. The lowest BCUT2D eigenvalue weighted by molar-refractivity contribution is -0.377. The number of carbonyl (C=O) groups is 1. The summed E-state index contributed by atoms with van der Waals surface area (Å²) in [7, 11) is 0. The molecular formula is C7H7F3NO2+. The van der Waals surface area contributed by atoms with Gasteiger partial charge in [0.15, 0.2) is 12.4 Å². The number of aromatic nitrogens is 1. The molecule has 0 aromatic carbocycles. The summed E-state index contributed by atoms with van der Waals surface area (Å²) in [6.45, 7) is 0. The second-order valence-corrected chi connectivity index (χ2v) is 1.88. The number of alkyl halides is 3. The van der Waals surface area contributed by atoms with Crippen molar-refractivity contribution in [3.05, 3.63) is 30.6 Å². The van der Waals surface area contributed by atoms with Gasteiger partial charge in [-0.15, -0.1) is 0 Å². The Morgan fingerprint density at radius 3 is 1.62 bits per heavy atom. The molecule has 0 saturated heterocycles. The zero-order valence-corrected chi connectivity index (χ0v) is 6.38. The van der Waals surface area contributed by atoms with Crippen LogP contribution in [0.1, 0.15) is 0 Å². The maximum atomic E-state index is 10.6. The average Bonchev–Trinajstić information content (AvgIpc) is 2.07. The highest BCUT2D eigenvalue weighted by Crippen LogP contribution is 2.13.